The molecular formula is C15H20N2O4S. The number of aliphatic imine (C=N–C) groups is 1. The van der Waals surface area contributed by atoms with Crippen LogP contribution in [0.15, 0.2) is 29.5 Å². The standard InChI is InChI=1S/C15H20N2O4S/c1-3-4-11(5-6-12(20)7-8-18)16-14(21)13-9-22-15(17-13)10(2)19/h5-8,11,13,18H,3-4,9H2,1-2H3,(H,16,21). The van der Waals surface area contributed by atoms with Gasteiger partial charge in [-0.25, -0.2) is 0 Å². The number of nitrogens with zero attached hydrogens (tertiary/aromatic N) is 1. The van der Waals surface area contributed by atoms with Crippen LogP contribution in [0.3, 0.4) is 0 Å². The van der Waals surface area contributed by atoms with Crippen LogP contribution in [0.25, 0.3) is 0 Å². The molecule has 0 aromatic carbocycles. The second-order valence-corrected chi connectivity index (χ2v) is 5.81. The van der Waals surface area contributed by atoms with Crippen LogP contribution in [0, 0.1) is 0 Å². The van der Waals surface area contributed by atoms with E-state index in [1.54, 1.807) is 6.08 Å². The lowest BCUT2D eigenvalue weighted by Gasteiger charge is -2.15. The Hall–Kier alpha value is -1.89. The van der Waals surface area contributed by atoms with Crippen LogP contribution in [0.2, 0.25) is 0 Å². The molecule has 0 saturated carbocycles. The summed E-state index contributed by atoms with van der Waals surface area (Å²) in [5.41, 5.74) is 0. The number of ketones is 2. The molecule has 0 aliphatic carbocycles. The number of thioether (sulfide) groups is 1. The molecule has 0 saturated heterocycles. The van der Waals surface area contributed by atoms with Crippen molar-refractivity contribution in [2.75, 3.05) is 5.75 Å². The van der Waals surface area contributed by atoms with Crippen molar-refractivity contribution in [3.63, 3.8) is 0 Å². The smallest absolute Gasteiger partial charge is 0.246 e. The maximum Gasteiger partial charge on any atom is 0.246 e. The summed E-state index contributed by atoms with van der Waals surface area (Å²) < 4.78 is 0. The third-order valence-corrected chi connectivity index (χ3v) is 4.06. The summed E-state index contributed by atoms with van der Waals surface area (Å²) in [6, 6.07) is -0.847. The fourth-order valence-electron chi connectivity index (χ4n) is 1.85. The van der Waals surface area contributed by atoms with E-state index in [0.29, 0.717) is 23.5 Å². The Morgan fingerprint density at radius 2 is 2.18 bits per heavy atom. The van der Waals surface area contributed by atoms with E-state index in [9.17, 15) is 14.4 Å². The van der Waals surface area contributed by atoms with E-state index in [-0.39, 0.29) is 23.5 Å². The highest BCUT2D eigenvalue weighted by atomic mass is 32.2. The van der Waals surface area contributed by atoms with Crippen LogP contribution >= 0.6 is 11.8 Å². The molecule has 7 heteroatoms. The minimum Gasteiger partial charge on any atom is -0.515 e. The number of carbonyl (C=O) groups excluding carboxylic acids is 3. The molecule has 2 N–H and O–H groups in total. The number of aliphatic hydroxyl groups excluding tert-OH is 1. The fourth-order valence-corrected chi connectivity index (χ4v) is 2.79. The molecular weight excluding hydrogens is 304 g/mol. The van der Waals surface area contributed by atoms with Crippen molar-refractivity contribution in [2.24, 2.45) is 4.99 Å². The Bertz CT molecular complexity index is 526. The average molecular weight is 324 g/mol. The largest absolute Gasteiger partial charge is 0.515 e. The van der Waals surface area contributed by atoms with Gasteiger partial charge in [0.2, 0.25) is 5.91 Å². The molecule has 6 nitrogen and oxygen atoms in total. The lowest BCUT2D eigenvalue weighted by atomic mass is 10.1. The van der Waals surface area contributed by atoms with E-state index in [1.165, 1.54) is 24.8 Å². The number of hydrogen-bond donors (Lipinski definition) is 2. The maximum absolute atomic E-state index is 12.2. The molecule has 2 unspecified atom stereocenters. The van der Waals surface area contributed by atoms with Gasteiger partial charge in [0, 0.05) is 24.8 Å². The number of Topliss-reactive ketones (excluding diaryl/α,β-unsaturated/α-hetero) is 1. The van der Waals surface area contributed by atoms with E-state index in [0.717, 1.165) is 12.5 Å². The zero-order valence-electron chi connectivity index (χ0n) is 12.6. The molecule has 120 valence electrons. The van der Waals surface area contributed by atoms with Gasteiger partial charge in [-0.1, -0.05) is 19.4 Å². The topological polar surface area (TPSA) is 95.8 Å². The summed E-state index contributed by atoms with van der Waals surface area (Å²) in [6.07, 6.45) is 6.12. The van der Waals surface area contributed by atoms with Crippen molar-refractivity contribution in [3.05, 3.63) is 24.5 Å². The summed E-state index contributed by atoms with van der Waals surface area (Å²) in [5.74, 6) is -0.287. The van der Waals surface area contributed by atoms with Crippen LogP contribution in [-0.2, 0) is 14.4 Å². The summed E-state index contributed by atoms with van der Waals surface area (Å²) in [6.45, 7) is 3.40. The molecule has 1 aliphatic rings. The van der Waals surface area contributed by atoms with Gasteiger partial charge in [0.05, 0.1) is 6.26 Å². The molecule has 1 amide bonds. The van der Waals surface area contributed by atoms with Gasteiger partial charge < -0.3 is 10.4 Å². The third kappa shape index (κ3) is 5.85. The van der Waals surface area contributed by atoms with Gasteiger partial charge in [0.15, 0.2) is 11.6 Å². The summed E-state index contributed by atoms with van der Waals surface area (Å²) >= 11 is 1.28. The Labute approximate surface area is 133 Å². The lowest BCUT2D eigenvalue weighted by Crippen LogP contribution is -2.40. The van der Waals surface area contributed by atoms with E-state index in [2.05, 4.69) is 10.3 Å². The van der Waals surface area contributed by atoms with Crippen LogP contribution in [0.5, 0.6) is 0 Å². The second kappa shape index (κ2) is 9.19. The predicted octanol–water partition coefficient (Wildman–Crippen LogP) is 1.57. The van der Waals surface area contributed by atoms with Gasteiger partial charge in [-0.05, 0) is 12.5 Å². The molecule has 1 rings (SSSR count). The molecule has 0 aromatic heterocycles. The molecule has 22 heavy (non-hydrogen) atoms. The Balaban J connectivity index is 2.65. The molecule has 0 radical (unpaired) electrons. The van der Waals surface area contributed by atoms with Crippen LogP contribution < -0.4 is 5.32 Å². The van der Waals surface area contributed by atoms with Crippen molar-refractivity contribution >= 4 is 34.3 Å². The molecule has 0 aromatic rings. The first kappa shape index (κ1) is 18.2. The molecule has 0 fully saturated rings. The normalized spacial score (nSPS) is 19.4. The SMILES string of the molecule is CCCC(C=CC(=O)C=CO)NC(=O)C1CSC(C(C)=O)=N1. The first-order chi connectivity index (χ1) is 10.5. The minimum atomic E-state index is -0.565. The number of carbonyl (C=O) groups is 3. The first-order valence-corrected chi connectivity index (χ1v) is 8.01. The zero-order chi connectivity index (χ0) is 16.5. The van der Waals surface area contributed by atoms with Crippen LogP contribution in [0.4, 0.5) is 0 Å². The van der Waals surface area contributed by atoms with Gasteiger partial charge in [-0.2, -0.15) is 0 Å². The van der Waals surface area contributed by atoms with Gasteiger partial charge in [-0.3, -0.25) is 19.4 Å². The number of nitrogens with one attached hydrogen (secondary N) is 1. The highest BCUT2D eigenvalue weighted by molar-refractivity contribution is 8.16. The Morgan fingerprint density at radius 1 is 1.45 bits per heavy atom. The fraction of sp³-hybridized carbons (Fsp3) is 0.467. The van der Waals surface area contributed by atoms with E-state index in [1.807, 2.05) is 6.92 Å². The van der Waals surface area contributed by atoms with Crippen LogP contribution in [-0.4, -0.2) is 45.5 Å². The molecule has 1 aliphatic heterocycles. The monoisotopic (exact) mass is 324 g/mol. The summed E-state index contributed by atoms with van der Waals surface area (Å²) in [7, 11) is 0. The predicted molar refractivity (Wildman–Crippen MR) is 87.1 cm³/mol. The molecule has 0 bridgehead atoms. The van der Waals surface area contributed by atoms with Crippen molar-refractivity contribution in [1.82, 2.24) is 5.32 Å². The van der Waals surface area contributed by atoms with Crippen molar-refractivity contribution < 1.29 is 19.5 Å². The van der Waals surface area contributed by atoms with E-state index >= 15 is 0 Å². The Morgan fingerprint density at radius 3 is 2.73 bits per heavy atom. The molecule has 1 heterocycles. The maximum atomic E-state index is 12.2. The highest BCUT2D eigenvalue weighted by Crippen LogP contribution is 2.19. The third-order valence-electron chi connectivity index (χ3n) is 2.91. The van der Waals surface area contributed by atoms with Gasteiger partial charge in [-0.15, -0.1) is 11.8 Å². The number of allylic oxidation sites excluding steroid dienone is 2. The summed E-state index contributed by atoms with van der Waals surface area (Å²) in [4.78, 5) is 38.8. The van der Waals surface area contributed by atoms with E-state index < -0.39 is 6.04 Å². The van der Waals surface area contributed by atoms with Crippen LogP contribution in [0.1, 0.15) is 26.7 Å². The van der Waals surface area contributed by atoms with Gasteiger partial charge in [0.1, 0.15) is 11.1 Å². The van der Waals surface area contributed by atoms with Crippen molar-refractivity contribution in [3.8, 4) is 0 Å². The highest BCUT2D eigenvalue weighted by Gasteiger charge is 2.27. The minimum absolute atomic E-state index is 0.133. The van der Waals surface area contributed by atoms with Gasteiger partial charge in [0.25, 0.3) is 0 Å². The number of amides is 1. The lowest BCUT2D eigenvalue weighted by molar-refractivity contribution is -0.122. The average Bonchev–Trinajstić information content (AvgIpc) is 2.95. The molecule has 2 atom stereocenters. The first-order valence-electron chi connectivity index (χ1n) is 7.02. The van der Waals surface area contributed by atoms with Crippen molar-refractivity contribution in [1.29, 1.82) is 0 Å². The number of aliphatic hydroxyl groups is 1. The molecule has 0 spiro atoms. The number of hydrogen-bond acceptors (Lipinski definition) is 6. The summed E-state index contributed by atoms with van der Waals surface area (Å²) in [5, 5.41) is 11.7. The van der Waals surface area contributed by atoms with Gasteiger partial charge >= 0.3 is 0 Å². The second-order valence-electron chi connectivity index (χ2n) is 4.80. The van der Waals surface area contributed by atoms with Crippen molar-refractivity contribution in [2.45, 2.75) is 38.8 Å². The Kier molecular flexibility index (Phi) is 7.59. The van der Waals surface area contributed by atoms with E-state index in [4.69, 9.17) is 5.11 Å². The number of rotatable bonds is 8. The quantitative estimate of drug-likeness (QED) is 0.522. The zero-order valence-corrected chi connectivity index (χ0v) is 13.4.